The van der Waals surface area contributed by atoms with Crippen LogP contribution < -0.4 is 14.8 Å². The third kappa shape index (κ3) is 6.12. The Balaban J connectivity index is 1.81. The molecule has 0 saturated carbocycles. The number of halogens is 1. The Bertz CT molecular complexity index is 1130. The van der Waals surface area contributed by atoms with Gasteiger partial charge < -0.3 is 19.9 Å². The van der Waals surface area contributed by atoms with Gasteiger partial charge in [-0.05, 0) is 48.9 Å². The van der Waals surface area contributed by atoms with Crippen molar-refractivity contribution in [3.05, 3.63) is 100 Å². The number of benzene rings is 3. The number of aliphatic carboxylic acids is 1. The molecule has 0 aliphatic rings. The van der Waals surface area contributed by atoms with Gasteiger partial charge in [0.25, 0.3) is 5.91 Å². The zero-order valence-corrected chi connectivity index (χ0v) is 18.1. The molecule has 0 radical (unpaired) electrons. The monoisotopic (exact) mass is 451 g/mol. The number of amides is 1. The van der Waals surface area contributed by atoms with E-state index in [1.54, 1.807) is 54.6 Å². The number of carbonyl (C=O) groups excluding carboxylic acids is 1. The maximum atomic E-state index is 12.3. The summed E-state index contributed by atoms with van der Waals surface area (Å²) in [6.45, 7) is 2.48. The zero-order chi connectivity index (χ0) is 22.9. The normalized spacial score (nSPS) is 11.0. The van der Waals surface area contributed by atoms with Gasteiger partial charge in [-0.2, -0.15) is 0 Å². The minimum Gasteiger partial charge on any atom is -0.490 e. The van der Waals surface area contributed by atoms with Crippen LogP contribution in [0.25, 0.3) is 6.08 Å². The third-order valence-corrected chi connectivity index (χ3v) is 4.80. The second-order valence-electron chi connectivity index (χ2n) is 6.70. The van der Waals surface area contributed by atoms with E-state index in [0.717, 1.165) is 5.56 Å². The van der Waals surface area contributed by atoms with Gasteiger partial charge in [0.2, 0.25) is 0 Å². The minimum absolute atomic E-state index is 0.252. The molecule has 0 saturated heterocycles. The van der Waals surface area contributed by atoms with E-state index in [2.05, 4.69) is 5.32 Å². The van der Waals surface area contributed by atoms with Crippen LogP contribution in [0.2, 0.25) is 5.02 Å². The predicted molar refractivity (Wildman–Crippen MR) is 123 cm³/mol. The highest BCUT2D eigenvalue weighted by Gasteiger charge is 2.14. The smallest absolute Gasteiger partial charge is 0.352 e. The Morgan fingerprint density at radius 2 is 1.69 bits per heavy atom. The number of rotatable bonds is 9. The Labute approximate surface area is 191 Å². The second kappa shape index (κ2) is 11.0. The average molecular weight is 452 g/mol. The fourth-order valence-electron chi connectivity index (χ4n) is 2.87. The van der Waals surface area contributed by atoms with Gasteiger partial charge >= 0.3 is 5.97 Å². The maximum Gasteiger partial charge on any atom is 0.352 e. The number of nitrogens with one attached hydrogen (secondary N) is 1. The van der Waals surface area contributed by atoms with Gasteiger partial charge in [-0.3, -0.25) is 4.79 Å². The van der Waals surface area contributed by atoms with Crippen LogP contribution in [0.3, 0.4) is 0 Å². The van der Waals surface area contributed by atoms with E-state index in [0.29, 0.717) is 34.3 Å². The van der Waals surface area contributed by atoms with Crippen LogP contribution in [0.4, 0.5) is 0 Å². The largest absolute Gasteiger partial charge is 0.490 e. The summed E-state index contributed by atoms with van der Waals surface area (Å²) in [6.07, 6.45) is 1.36. The quantitative estimate of drug-likeness (QED) is 0.438. The number of ether oxygens (including phenoxy) is 2. The molecular weight excluding hydrogens is 430 g/mol. The molecule has 7 heteroatoms. The van der Waals surface area contributed by atoms with Crippen LogP contribution in [0.5, 0.6) is 11.5 Å². The molecule has 0 aromatic heterocycles. The molecule has 6 nitrogen and oxygen atoms in total. The van der Waals surface area contributed by atoms with Gasteiger partial charge in [0, 0.05) is 16.1 Å². The van der Waals surface area contributed by atoms with Crippen molar-refractivity contribution in [3.63, 3.8) is 0 Å². The molecule has 0 spiro atoms. The molecular formula is C25H22ClNO5. The summed E-state index contributed by atoms with van der Waals surface area (Å²) >= 11 is 6.18. The van der Waals surface area contributed by atoms with Gasteiger partial charge in [-0.1, -0.05) is 54.1 Å². The standard InChI is InChI=1S/C25H22ClNO5/c1-2-31-23-15-17(12-13-22(23)32-16-19-10-6-7-11-20(19)26)14-21(25(29)30)27-24(28)18-8-4-3-5-9-18/h3-15H,2,16H2,1H3,(H,27,28)(H,29,30)/b21-14+. The van der Waals surface area contributed by atoms with Gasteiger partial charge in [0.1, 0.15) is 12.3 Å². The van der Waals surface area contributed by atoms with Crippen molar-refractivity contribution in [1.82, 2.24) is 5.32 Å². The first kappa shape index (κ1) is 22.9. The van der Waals surface area contributed by atoms with Gasteiger partial charge in [0.15, 0.2) is 11.5 Å². The first-order valence-corrected chi connectivity index (χ1v) is 10.3. The number of carboxylic acid groups (broad SMARTS) is 1. The summed E-state index contributed by atoms with van der Waals surface area (Å²) < 4.78 is 11.5. The Morgan fingerprint density at radius 3 is 2.38 bits per heavy atom. The van der Waals surface area contributed by atoms with Gasteiger partial charge in [-0.25, -0.2) is 4.79 Å². The van der Waals surface area contributed by atoms with Crippen molar-refractivity contribution in [1.29, 1.82) is 0 Å². The molecule has 0 fully saturated rings. The van der Waals surface area contributed by atoms with E-state index < -0.39 is 11.9 Å². The topological polar surface area (TPSA) is 84.9 Å². The van der Waals surface area contributed by atoms with E-state index in [4.69, 9.17) is 21.1 Å². The van der Waals surface area contributed by atoms with E-state index in [1.165, 1.54) is 6.08 Å². The summed E-state index contributed by atoms with van der Waals surface area (Å²) in [4.78, 5) is 24.0. The summed E-state index contributed by atoms with van der Waals surface area (Å²) in [5.74, 6) is -0.822. The van der Waals surface area contributed by atoms with Crippen molar-refractivity contribution in [3.8, 4) is 11.5 Å². The molecule has 2 N–H and O–H groups in total. The summed E-state index contributed by atoms with van der Waals surface area (Å²) in [7, 11) is 0. The molecule has 0 atom stereocenters. The average Bonchev–Trinajstić information content (AvgIpc) is 2.79. The molecule has 0 aliphatic carbocycles. The summed E-state index contributed by atoms with van der Waals surface area (Å²) in [5, 5.41) is 12.6. The third-order valence-electron chi connectivity index (χ3n) is 4.43. The highest BCUT2D eigenvalue weighted by atomic mass is 35.5. The van der Waals surface area contributed by atoms with Crippen LogP contribution in [0, 0.1) is 0 Å². The number of carbonyl (C=O) groups is 2. The molecule has 0 heterocycles. The van der Waals surface area contributed by atoms with E-state index in [-0.39, 0.29) is 12.3 Å². The maximum absolute atomic E-state index is 12.3. The minimum atomic E-state index is -1.26. The number of hydrogen-bond donors (Lipinski definition) is 2. The molecule has 0 aliphatic heterocycles. The molecule has 1 amide bonds. The fourth-order valence-corrected chi connectivity index (χ4v) is 3.07. The van der Waals surface area contributed by atoms with Crippen molar-refractivity contribution in [2.45, 2.75) is 13.5 Å². The molecule has 3 aromatic rings. The van der Waals surface area contributed by atoms with Crippen LogP contribution in [-0.4, -0.2) is 23.6 Å². The summed E-state index contributed by atoms with van der Waals surface area (Å²) in [5.41, 5.74) is 1.46. The Morgan fingerprint density at radius 1 is 0.969 bits per heavy atom. The van der Waals surface area contributed by atoms with Crippen LogP contribution in [0.15, 0.2) is 78.5 Å². The zero-order valence-electron chi connectivity index (χ0n) is 17.4. The fraction of sp³-hybridized carbons (Fsp3) is 0.120. The molecule has 3 aromatic carbocycles. The number of carboxylic acids is 1. The first-order chi connectivity index (χ1) is 15.5. The number of hydrogen-bond acceptors (Lipinski definition) is 4. The van der Waals surface area contributed by atoms with Crippen LogP contribution in [-0.2, 0) is 11.4 Å². The van der Waals surface area contributed by atoms with Crippen LogP contribution >= 0.6 is 11.6 Å². The van der Waals surface area contributed by atoms with Gasteiger partial charge in [-0.15, -0.1) is 0 Å². The highest BCUT2D eigenvalue weighted by Crippen LogP contribution is 2.30. The van der Waals surface area contributed by atoms with E-state index in [9.17, 15) is 14.7 Å². The van der Waals surface area contributed by atoms with E-state index in [1.807, 2.05) is 25.1 Å². The SMILES string of the molecule is CCOc1cc(/C=C(/NC(=O)c2ccccc2)C(=O)O)ccc1OCc1ccccc1Cl. The second-order valence-corrected chi connectivity index (χ2v) is 7.11. The molecule has 164 valence electrons. The molecule has 0 bridgehead atoms. The Hall–Kier alpha value is -3.77. The van der Waals surface area contributed by atoms with E-state index >= 15 is 0 Å². The lowest BCUT2D eigenvalue weighted by Crippen LogP contribution is -2.27. The Kier molecular flexibility index (Phi) is 7.89. The first-order valence-electron chi connectivity index (χ1n) is 9.92. The van der Waals surface area contributed by atoms with Crippen LogP contribution in [0.1, 0.15) is 28.4 Å². The molecule has 0 unspecified atom stereocenters. The van der Waals surface area contributed by atoms with Crippen molar-refractivity contribution < 1.29 is 24.2 Å². The molecule has 3 rings (SSSR count). The highest BCUT2D eigenvalue weighted by molar-refractivity contribution is 6.31. The van der Waals surface area contributed by atoms with Crippen molar-refractivity contribution in [2.75, 3.05) is 6.61 Å². The lowest BCUT2D eigenvalue weighted by molar-refractivity contribution is -0.132. The summed E-state index contributed by atoms with van der Waals surface area (Å²) in [6, 6.07) is 20.8. The van der Waals surface area contributed by atoms with Crippen molar-refractivity contribution >= 4 is 29.6 Å². The molecule has 32 heavy (non-hydrogen) atoms. The van der Waals surface area contributed by atoms with Crippen molar-refractivity contribution in [2.24, 2.45) is 0 Å². The van der Waals surface area contributed by atoms with Gasteiger partial charge in [0.05, 0.1) is 6.61 Å². The predicted octanol–water partition coefficient (Wildman–Crippen LogP) is 5.17. The lowest BCUT2D eigenvalue weighted by atomic mass is 10.1. The lowest BCUT2D eigenvalue weighted by Gasteiger charge is -2.14.